The Morgan fingerprint density at radius 1 is 1.33 bits per heavy atom. The van der Waals surface area contributed by atoms with Crippen LogP contribution in [0, 0.1) is 0 Å². The number of thiocarbonyl (C=S) groups is 1. The maximum absolute atomic E-state index is 5.69. The van der Waals surface area contributed by atoms with E-state index in [0.717, 1.165) is 17.7 Å². The zero-order valence-electron chi connectivity index (χ0n) is 10.1. The molecule has 1 aromatic heterocycles. The van der Waals surface area contributed by atoms with Crippen molar-refractivity contribution in [3.05, 3.63) is 53.7 Å². The molecule has 4 heteroatoms. The largest absolute Gasteiger partial charge is 0.439 e. The first-order valence-corrected chi connectivity index (χ1v) is 6.12. The highest BCUT2D eigenvalue weighted by Gasteiger charge is 2.02. The van der Waals surface area contributed by atoms with Gasteiger partial charge in [0.05, 0.1) is 0 Å². The van der Waals surface area contributed by atoms with E-state index < -0.39 is 0 Å². The quantitative estimate of drug-likeness (QED) is 0.856. The number of aromatic nitrogens is 1. The third-order valence-corrected chi connectivity index (χ3v) is 2.78. The average molecular weight is 258 g/mol. The average Bonchev–Trinajstić information content (AvgIpc) is 2.39. The summed E-state index contributed by atoms with van der Waals surface area (Å²) in [5.41, 5.74) is 7.54. The Morgan fingerprint density at radius 3 is 2.89 bits per heavy atom. The van der Waals surface area contributed by atoms with Crippen molar-refractivity contribution < 1.29 is 4.74 Å². The van der Waals surface area contributed by atoms with E-state index in [0.29, 0.717) is 10.9 Å². The van der Waals surface area contributed by atoms with Crippen LogP contribution in [0.3, 0.4) is 0 Å². The molecule has 0 aliphatic carbocycles. The van der Waals surface area contributed by atoms with Gasteiger partial charge in [-0.1, -0.05) is 31.3 Å². The summed E-state index contributed by atoms with van der Waals surface area (Å²) in [5.74, 6) is 1.26. The van der Waals surface area contributed by atoms with Gasteiger partial charge in [0.25, 0.3) is 0 Å². The molecule has 0 atom stereocenters. The van der Waals surface area contributed by atoms with E-state index in [-0.39, 0.29) is 0 Å². The summed E-state index contributed by atoms with van der Waals surface area (Å²) in [6.45, 7) is 2.10. The minimum atomic E-state index is 0.338. The van der Waals surface area contributed by atoms with Gasteiger partial charge in [-0.2, -0.15) is 0 Å². The molecular formula is C14H14N2OS. The number of aryl methyl sites for hydroxylation is 1. The van der Waals surface area contributed by atoms with Crippen LogP contribution < -0.4 is 10.5 Å². The second-order valence-electron chi connectivity index (χ2n) is 3.85. The number of nitrogens with zero attached hydrogens (tertiary/aromatic N) is 1. The van der Waals surface area contributed by atoms with Crippen LogP contribution in [0.15, 0.2) is 42.6 Å². The zero-order chi connectivity index (χ0) is 13.0. The van der Waals surface area contributed by atoms with Crippen molar-refractivity contribution in [3.63, 3.8) is 0 Å². The molecule has 3 nitrogen and oxygen atoms in total. The summed E-state index contributed by atoms with van der Waals surface area (Å²) in [6, 6.07) is 11.4. The Bertz CT molecular complexity index is 569. The first-order chi connectivity index (χ1) is 8.69. The van der Waals surface area contributed by atoms with E-state index in [9.17, 15) is 0 Å². The summed E-state index contributed by atoms with van der Waals surface area (Å²) >= 11 is 4.92. The topological polar surface area (TPSA) is 48.1 Å². The number of benzene rings is 1. The Kier molecular flexibility index (Phi) is 3.89. The van der Waals surface area contributed by atoms with Crippen molar-refractivity contribution in [2.75, 3.05) is 0 Å². The van der Waals surface area contributed by atoms with E-state index in [1.54, 1.807) is 18.3 Å². The fourth-order valence-electron chi connectivity index (χ4n) is 1.57. The Labute approximate surface area is 112 Å². The standard InChI is InChI=1S/C14H14N2OS/c1-2-10-4-3-5-12(8-10)17-13-9-11(14(15)18)6-7-16-13/h3-9H,2H2,1H3,(H2,15,18). The second kappa shape index (κ2) is 5.60. The van der Waals surface area contributed by atoms with E-state index >= 15 is 0 Å². The molecule has 0 aliphatic rings. The van der Waals surface area contributed by atoms with Gasteiger partial charge < -0.3 is 10.5 Å². The van der Waals surface area contributed by atoms with Crippen LogP contribution in [0.5, 0.6) is 11.6 Å². The lowest BCUT2D eigenvalue weighted by Crippen LogP contribution is -2.09. The van der Waals surface area contributed by atoms with Crippen molar-refractivity contribution >= 4 is 17.2 Å². The lowest BCUT2D eigenvalue weighted by Gasteiger charge is -2.07. The Balaban J connectivity index is 2.22. The summed E-state index contributed by atoms with van der Waals surface area (Å²) < 4.78 is 5.69. The third kappa shape index (κ3) is 3.05. The van der Waals surface area contributed by atoms with Crippen molar-refractivity contribution in [3.8, 4) is 11.6 Å². The molecule has 0 radical (unpaired) electrons. The first-order valence-electron chi connectivity index (χ1n) is 5.71. The van der Waals surface area contributed by atoms with Crippen LogP contribution in [0.1, 0.15) is 18.1 Å². The Hall–Kier alpha value is -1.94. The molecule has 0 fully saturated rings. The zero-order valence-corrected chi connectivity index (χ0v) is 10.9. The van der Waals surface area contributed by atoms with Crippen LogP contribution in [-0.4, -0.2) is 9.97 Å². The molecule has 18 heavy (non-hydrogen) atoms. The van der Waals surface area contributed by atoms with Gasteiger partial charge in [0.2, 0.25) is 5.88 Å². The number of rotatable bonds is 4. The van der Waals surface area contributed by atoms with Crippen molar-refractivity contribution in [2.24, 2.45) is 5.73 Å². The van der Waals surface area contributed by atoms with Gasteiger partial charge in [-0.05, 0) is 30.2 Å². The van der Waals surface area contributed by atoms with Crippen LogP contribution in [0.2, 0.25) is 0 Å². The highest BCUT2D eigenvalue weighted by molar-refractivity contribution is 7.80. The van der Waals surface area contributed by atoms with E-state index in [1.807, 2.05) is 18.2 Å². The molecular weight excluding hydrogens is 244 g/mol. The molecule has 0 spiro atoms. The molecule has 92 valence electrons. The van der Waals surface area contributed by atoms with Gasteiger partial charge in [0.15, 0.2) is 0 Å². The van der Waals surface area contributed by atoms with Gasteiger partial charge in [0, 0.05) is 17.8 Å². The lowest BCUT2D eigenvalue weighted by molar-refractivity contribution is 0.462. The monoisotopic (exact) mass is 258 g/mol. The van der Waals surface area contributed by atoms with Gasteiger partial charge in [0.1, 0.15) is 10.7 Å². The van der Waals surface area contributed by atoms with Crippen molar-refractivity contribution in [2.45, 2.75) is 13.3 Å². The molecule has 0 unspecified atom stereocenters. The number of pyridine rings is 1. The summed E-state index contributed by atoms with van der Waals surface area (Å²) in [4.78, 5) is 4.47. The molecule has 0 bridgehead atoms. The predicted octanol–water partition coefficient (Wildman–Crippen LogP) is 3.07. The molecule has 0 saturated carbocycles. The van der Waals surface area contributed by atoms with Gasteiger partial charge in [-0.3, -0.25) is 0 Å². The van der Waals surface area contributed by atoms with Gasteiger partial charge >= 0.3 is 0 Å². The maximum atomic E-state index is 5.69. The molecule has 2 N–H and O–H groups in total. The highest BCUT2D eigenvalue weighted by atomic mass is 32.1. The van der Waals surface area contributed by atoms with Crippen molar-refractivity contribution in [1.82, 2.24) is 4.98 Å². The Morgan fingerprint density at radius 2 is 2.17 bits per heavy atom. The van der Waals surface area contributed by atoms with Crippen LogP contribution in [0.4, 0.5) is 0 Å². The normalized spacial score (nSPS) is 10.1. The van der Waals surface area contributed by atoms with Crippen LogP contribution >= 0.6 is 12.2 Å². The minimum absolute atomic E-state index is 0.338. The first kappa shape index (κ1) is 12.5. The van der Waals surface area contributed by atoms with E-state index in [4.69, 9.17) is 22.7 Å². The number of ether oxygens (including phenoxy) is 1. The SMILES string of the molecule is CCc1cccc(Oc2cc(C(N)=S)ccn2)c1. The lowest BCUT2D eigenvalue weighted by atomic mass is 10.2. The summed E-state index contributed by atoms with van der Waals surface area (Å²) in [7, 11) is 0. The maximum Gasteiger partial charge on any atom is 0.219 e. The molecule has 1 heterocycles. The van der Waals surface area contributed by atoms with Crippen molar-refractivity contribution in [1.29, 1.82) is 0 Å². The highest BCUT2D eigenvalue weighted by Crippen LogP contribution is 2.21. The molecule has 0 saturated heterocycles. The predicted molar refractivity (Wildman–Crippen MR) is 76.0 cm³/mol. The molecule has 2 aromatic rings. The minimum Gasteiger partial charge on any atom is -0.439 e. The summed E-state index contributed by atoms with van der Waals surface area (Å²) in [5, 5.41) is 0. The second-order valence-corrected chi connectivity index (χ2v) is 4.29. The van der Waals surface area contributed by atoms with Gasteiger partial charge in [-0.25, -0.2) is 4.98 Å². The molecule has 2 rings (SSSR count). The molecule has 0 amide bonds. The van der Waals surface area contributed by atoms with E-state index in [2.05, 4.69) is 18.0 Å². The molecule has 0 aliphatic heterocycles. The fourth-order valence-corrected chi connectivity index (χ4v) is 1.70. The molecule has 1 aromatic carbocycles. The fraction of sp³-hybridized carbons (Fsp3) is 0.143. The number of hydrogen-bond acceptors (Lipinski definition) is 3. The number of nitrogens with two attached hydrogens (primary N) is 1. The third-order valence-electron chi connectivity index (χ3n) is 2.55. The van der Waals surface area contributed by atoms with E-state index in [1.165, 1.54) is 5.56 Å². The van der Waals surface area contributed by atoms with Crippen LogP contribution in [0.25, 0.3) is 0 Å². The number of hydrogen-bond donors (Lipinski definition) is 1. The smallest absolute Gasteiger partial charge is 0.219 e. The van der Waals surface area contributed by atoms with Gasteiger partial charge in [-0.15, -0.1) is 0 Å². The van der Waals surface area contributed by atoms with Crippen LogP contribution in [-0.2, 0) is 6.42 Å². The summed E-state index contributed by atoms with van der Waals surface area (Å²) in [6.07, 6.45) is 2.60.